The van der Waals surface area contributed by atoms with Gasteiger partial charge in [-0.2, -0.15) is 0 Å². The van der Waals surface area contributed by atoms with E-state index in [9.17, 15) is 4.79 Å². The van der Waals surface area contributed by atoms with E-state index in [4.69, 9.17) is 0 Å². The molecule has 0 bridgehead atoms. The molecule has 0 heterocycles. The van der Waals surface area contributed by atoms with Gasteiger partial charge in [0.15, 0.2) is 0 Å². The van der Waals surface area contributed by atoms with Crippen LogP contribution >= 0.6 is 0 Å². The van der Waals surface area contributed by atoms with Crippen molar-refractivity contribution >= 4 is 12.0 Å². The highest BCUT2D eigenvalue weighted by molar-refractivity contribution is 5.91. The third kappa shape index (κ3) is 4.90. The van der Waals surface area contributed by atoms with Gasteiger partial charge in [0, 0.05) is 12.6 Å². The van der Waals surface area contributed by atoms with E-state index in [2.05, 4.69) is 24.4 Å². The van der Waals surface area contributed by atoms with Crippen LogP contribution < -0.4 is 5.32 Å². The Morgan fingerprint density at radius 3 is 2.63 bits per heavy atom. The molecule has 2 nitrogen and oxygen atoms in total. The van der Waals surface area contributed by atoms with Crippen molar-refractivity contribution in [2.24, 2.45) is 5.92 Å². The maximum Gasteiger partial charge on any atom is 0.243 e. The molecule has 0 aliphatic heterocycles. The first kappa shape index (κ1) is 13.9. The van der Waals surface area contributed by atoms with Crippen LogP contribution in [0, 0.1) is 12.8 Å². The molecule has 0 aromatic heterocycles. The van der Waals surface area contributed by atoms with Gasteiger partial charge < -0.3 is 5.32 Å². The molecule has 1 aliphatic carbocycles. The third-order valence-electron chi connectivity index (χ3n) is 3.83. The number of rotatable bonds is 5. The van der Waals surface area contributed by atoms with Gasteiger partial charge in [0.05, 0.1) is 0 Å². The van der Waals surface area contributed by atoms with Crippen LogP contribution in [0.2, 0.25) is 0 Å². The fraction of sp³-hybridized carbons (Fsp3) is 0.471. The Labute approximate surface area is 115 Å². The Kier molecular flexibility index (Phi) is 5.20. The van der Waals surface area contributed by atoms with Crippen molar-refractivity contribution in [1.29, 1.82) is 0 Å². The SMILES string of the molecule is Cc1ccc(/C=C/C(=O)NCCC2CCCC2)cc1. The molecular weight excluding hydrogens is 234 g/mol. The number of benzene rings is 1. The van der Waals surface area contributed by atoms with Crippen LogP contribution in [-0.2, 0) is 4.79 Å². The second-order valence-corrected chi connectivity index (χ2v) is 5.47. The molecule has 0 unspecified atom stereocenters. The largest absolute Gasteiger partial charge is 0.353 e. The maximum absolute atomic E-state index is 11.7. The average Bonchev–Trinajstić information content (AvgIpc) is 2.91. The molecule has 1 saturated carbocycles. The second kappa shape index (κ2) is 7.13. The molecule has 0 atom stereocenters. The highest BCUT2D eigenvalue weighted by Gasteiger charge is 2.14. The molecule has 0 spiro atoms. The number of hydrogen-bond acceptors (Lipinski definition) is 1. The molecular formula is C17H23NO. The summed E-state index contributed by atoms with van der Waals surface area (Å²) in [6.07, 6.45) is 10.0. The van der Waals surface area contributed by atoms with E-state index in [0.717, 1.165) is 24.4 Å². The molecule has 102 valence electrons. The van der Waals surface area contributed by atoms with Crippen LogP contribution in [0.25, 0.3) is 6.08 Å². The Morgan fingerprint density at radius 2 is 1.95 bits per heavy atom. The molecule has 19 heavy (non-hydrogen) atoms. The summed E-state index contributed by atoms with van der Waals surface area (Å²) in [7, 11) is 0. The minimum atomic E-state index is 0.0126. The molecule has 0 radical (unpaired) electrons. The summed E-state index contributed by atoms with van der Waals surface area (Å²) < 4.78 is 0. The Morgan fingerprint density at radius 1 is 1.26 bits per heavy atom. The quantitative estimate of drug-likeness (QED) is 0.801. The first-order valence-corrected chi connectivity index (χ1v) is 7.26. The van der Waals surface area contributed by atoms with Gasteiger partial charge in [0.25, 0.3) is 0 Å². The van der Waals surface area contributed by atoms with Crippen molar-refractivity contribution in [1.82, 2.24) is 5.32 Å². The maximum atomic E-state index is 11.7. The normalized spacial score (nSPS) is 16.1. The van der Waals surface area contributed by atoms with Gasteiger partial charge in [-0.05, 0) is 30.9 Å². The van der Waals surface area contributed by atoms with E-state index in [1.54, 1.807) is 6.08 Å². The zero-order valence-electron chi connectivity index (χ0n) is 11.7. The molecule has 1 aromatic carbocycles. The zero-order valence-corrected chi connectivity index (χ0v) is 11.7. The van der Waals surface area contributed by atoms with Crippen molar-refractivity contribution in [3.63, 3.8) is 0 Å². The summed E-state index contributed by atoms with van der Waals surface area (Å²) in [4.78, 5) is 11.7. The van der Waals surface area contributed by atoms with Crippen molar-refractivity contribution in [3.05, 3.63) is 41.5 Å². The Balaban J connectivity index is 1.69. The van der Waals surface area contributed by atoms with Gasteiger partial charge in [-0.1, -0.05) is 55.5 Å². The summed E-state index contributed by atoms with van der Waals surface area (Å²) in [5.74, 6) is 0.847. The van der Waals surface area contributed by atoms with Crippen molar-refractivity contribution in [3.8, 4) is 0 Å². The van der Waals surface area contributed by atoms with Gasteiger partial charge in [0.2, 0.25) is 5.91 Å². The van der Waals surface area contributed by atoms with Crippen molar-refractivity contribution < 1.29 is 4.79 Å². The summed E-state index contributed by atoms with van der Waals surface area (Å²) in [5, 5.41) is 2.97. The van der Waals surface area contributed by atoms with E-state index in [1.807, 2.05) is 18.2 Å². The molecule has 2 rings (SSSR count). The standard InChI is InChI=1S/C17H23NO/c1-14-6-8-16(9-7-14)10-11-17(19)18-13-12-15-4-2-3-5-15/h6-11,15H,2-5,12-13H2,1H3,(H,18,19)/b11-10+. The molecule has 1 N–H and O–H groups in total. The topological polar surface area (TPSA) is 29.1 Å². The number of carbonyl (C=O) groups is 1. The van der Waals surface area contributed by atoms with Crippen molar-refractivity contribution in [2.45, 2.75) is 39.0 Å². The Hall–Kier alpha value is -1.57. The van der Waals surface area contributed by atoms with Crippen LogP contribution in [0.15, 0.2) is 30.3 Å². The molecule has 1 fully saturated rings. The molecule has 1 aromatic rings. The highest BCUT2D eigenvalue weighted by atomic mass is 16.1. The molecule has 2 heteroatoms. The lowest BCUT2D eigenvalue weighted by atomic mass is 10.0. The van der Waals surface area contributed by atoms with Gasteiger partial charge in [-0.15, -0.1) is 0 Å². The van der Waals surface area contributed by atoms with E-state index in [0.29, 0.717) is 0 Å². The fourth-order valence-corrected chi connectivity index (χ4v) is 2.61. The summed E-state index contributed by atoms with van der Waals surface area (Å²) >= 11 is 0. The first-order chi connectivity index (χ1) is 9.24. The van der Waals surface area contributed by atoms with Gasteiger partial charge >= 0.3 is 0 Å². The van der Waals surface area contributed by atoms with Crippen LogP contribution in [0.4, 0.5) is 0 Å². The zero-order chi connectivity index (χ0) is 13.5. The summed E-state index contributed by atoms with van der Waals surface area (Å²) in [6.45, 7) is 2.87. The highest BCUT2D eigenvalue weighted by Crippen LogP contribution is 2.26. The average molecular weight is 257 g/mol. The number of carbonyl (C=O) groups excluding carboxylic acids is 1. The Bertz CT molecular complexity index is 427. The van der Waals surface area contributed by atoms with Crippen molar-refractivity contribution in [2.75, 3.05) is 6.54 Å². The van der Waals surface area contributed by atoms with E-state index < -0.39 is 0 Å². The monoisotopic (exact) mass is 257 g/mol. The smallest absolute Gasteiger partial charge is 0.243 e. The predicted molar refractivity (Wildman–Crippen MR) is 79.8 cm³/mol. The summed E-state index contributed by atoms with van der Waals surface area (Å²) in [5.41, 5.74) is 2.30. The van der Waals surface area contributed by atoms with E-state index in [-0.39, 0.29) is 5.91 Å². The number of aryl methyl sites for hydroxylation is 1. The van der Waals surface area contributed by atoms with E-state index in [1.165, 1.54) is 31.2 Å². The summed E-state index contributed by atoms with van der Waals surface area (Å²) in [6, 6.07) is 8.16. The van der Waals surface area contributed by atoms with E-state index >= 15 is 0 Å². The minimum Gasteiger partial charge on any atom is -0.353 e. The third-order valence-corrected chi connectivity index (χ3v) is 3.83. The number of hydrogen-bond donors (Lipinski definition) is 1. The lowest BCUT2D eigenvalue weighted by Crippen LogP contribution is -2.23. The second-order valence-electron chi connectivity index (χ2n) is 5.47. The lowest BCUT2D eigenvalue weighted by molar-refractivity contribution is -0.116. The van der Waals surface area contributed by atoms with Crippen LogP contribution in [0.1, 0.15) is 43.2 Å². The van der Waals surface area contributed by atoms with Gasteiger partial charge in [-0.3, -0.25) is 4.79 Å². The molecule has 1 aliphatic rings. The predicted octanol–water partition coefficient (Wildman–Crippen LogP) is 3.70. The number of nitrogens with one attached hydrogen (secondary N) is 1. The van der Waals surface area contributed by atoms with Gasteiger partial charge in [-0.25, -0.2) is 0 Å². The fourth-order valence-electron chi connectivity index (χ4n) is 2.61. The molecule has 0 saturated heterocycles. The van der Waals surface area contributed by atoms with Crippen LogP contribution in [0.3, 0.4) is 0 Å². The number of amides is 1. The van der Waals surface area contributed by atoms with Crippen LogP contribution in [-0.4, -0.2) is 12.5 Å². The first-order valence-electron chi connectivity index (χ1n) is 7.26. The van der Waals surface area contributed by atoms with Crippen LogP contribution in [0.5, 0.6) is 0 Å². The van der Waals surface area contributed by atoms with Gasteiger partial charge in [0.1, 0.15) is 0 Å². The molecule has 1 amide bonds. The lowest BCUT2D eigenvalue weighted by Gasteiger charge is -2.08. The minimum absolute atomic E-state index is 0.0126.